The average molecular weight is 244 g/mol. The molecule has 0 spiro atoms. The first-order valence-electron chi connectivity index (χ1n) is 5.16. The van der Waals surface area contributed by atoms with E-state index in [0.717, 1.165) is 15.3 Å². The van der Waals surface area contributed by atoms with Gasteiger partial charge in [-0.1, -0.05) is 0 Å². The van der Waals surface area contributed by atoms with E-state index in [2.05, 4.69) is 0 Å². The SMILES string of the molecule is CO[C@@H]1CO[C@@H](n2cc(F)c(=O)n(C)c2=O)C1. The van der Waals surface area contributed by atoms with Crippen molar-refractivity contribution in [3.63, 3.8) is 0 Å². The van der Waals surface area contributed by atoms with Crippen LogP contribution in [-0.2, 0) is 16.5 Å². The van der Waals surface area contributed by atoms with Gasteiger partial charge in [-0.3, -0.25) is 13.9 Å². The maximum Gasteiger partial charge on any atom is 0.333 e. The molecule has 1 aliphatic heterocycles. The van der Waals surface area contributed by atoms with Gasteiger partial charge in [0.25, 0.3) is 5.56 Å². The molecule has 0 saturated carbocycles. The van der Waals surface area contributed by atoms with Crippen molar-refractivity contribution in [2.75, 3.05) is 13.7 Å². The molecule has 0 bridgehead atoms. The fourth-order valence-electron chi connectivity index (χ4n) is 1.80. The van der Waals surface area contributed by atoms with E-state index in [1.807, 2.05) is 0 Å². The topological polar surface area (TPSA) is 62.5 Å². The predicted molar refractivity (Wildman–Crippen MR) is 56.3 cm³/mol. The van der Waals surface area contributed by atoms with E-state index in [1.54, 1.807) is 7.11 Å². The van der Waals surface area contributed by atoms with E-state index >= 15 is 0 Å². The van der Waals surface area contributed by atoms with Crippen molar-refractivity contribution < 1.29 is 13.9 Å². The molecule has 6 nitrogen and oxygen atoms in total. The Bertz CT molecular complexity index is 536. The number of aromatic nitrogens is 2. The van der Waals surface area contributed by atoms with Crippen molar-refractivity contribution in [1.82, 2.24) is 9.13 Å². The first-order chi connectivity index (χ1) is 8.04. The Morgan fingerprint density at radius 1 is 1.53 bits per heavy atom. The van der Waals surface area contributed by atoms with Gasteiger partial charge in [0.05, 0.1) is 18.9 Å². The summed E-state index contributed by atoms with van der Waals surface area (Å²) < 4.78 is 25.5. The highest BCUT2D eigenvalue weighted by atomic mass is 19.1. The van der Waals surface area contributed by atoms with Gasteiger partial charge in [0.2, 0.25) is 5.82 Å². The minimum absolute atomic E-state index is 0.118. The van der Waals surface area contributed by atoms with Gasteiger partial charge in [0.15, 0.2) is 0 Å². The third-order valence-electron chi connectivity index (χ3n) is 2.85. The summed E-state index contributed by atoms with van der Waals surface area (Å²) in [4.78, 5) is 22.9. The first kappa shape index (κ1) is 12.0. The van der Waals surface area contributed by atoms with E-state index in [0.29, 0.717) is 13.0 Å². The molecule has 1 fully saturated rings. The van der Waals surface area contributed by atoms with Crippen LogP contribution < -0.4 is 11.2 Å². The van der Waals surface area contributed by atoms with Crippen LogP contribution in [-0.4, -0.2) is 29.0 Å². The average Bonchev–Trinajstić information content (AvgIpc) is 2.79. The molecule has 0 aliphatic carbocycles. The Kier molecular flexibility index (Phi) is 3.12. The Balaban J connectivity index is 2.41. The van der Waals surface area contributed by atoms with Crippen molar-refractivity contribution in [3.8, 4) is 0 Å². The fraction of sp³-hybridized carbons (Fsp3) is 0.600. The minimum Gasteiger partial charge on any atom is -0.379 e. The van der Waals surface area contributed by atoms with Crippen molar-refractivity contribution in [1.29, 1.82) is 0 Å². The summed E-state index contributed by atoms with van der Waals surface area (Å²) in [7, 11) is 2.77. The molecule has 0 N–H and O–H groups in total. The van der Waals surface area contributed by atoms with Gasteiger partial charge in [0, 0.05) is 20.6 Å². The van der Waals surface area contributed by atoms with Crippen molar-refractivity contribution in [3.05, 3.63) is 32.9 Å². The second-order valence-corrected chi connectivity index (χ2v) is 3.91. The van der Waals surface area contributed by atoms with E-state index < -0.39 is 23.3 Å². The number of methoxy groups -OCH3 is 1. The highest BCUT2D eigenvalue weighted by Gasteiger charge is 2.28. The van der Waals surface area contributed by atoms with Crippen molar-refractivity contribution in [2.45, 2.75) is 18.8 Å². The van der Waals surface area contributed by atoms with Crippen LogP contribution in [0.3, 0.4) is 0 Å². The van der Waals surface area contributed by atoms with E-state index in [9.17, 15) is 14.0 Å². The van der Waals surface area contributed by atoms with Crippen LogP contribution in [0.2, 0.25) is 0 Å². The van der Waals surface area contributed by atoms with Gasteiger partial charge >= 0.3 is 5.69 Å². The standard InChI is InChI=1S/C10H13FN2O4/c1-12-9(14)7(11)4-13(10(12)15)8-3-6(16-2)5-17-8/h4,6,8H,3,5H2,1-2H3/t6-,8+/m0/s1. The lowest BCUT2D eigenvalue weighted by molar-refractivity contribution is 0.0367. The van der Waals surface area contributed by atoms with Crippen LogP contribution in [0.4, 0.5) is 4.39 Å². The lowest BCUT2D eigenvalue weighted by Gasteiger charge is -2.13. The molecular weight excluding hydrogens is 231 g/mol. The van der Waals surface area contributed by atoms with Gasteiger partial charge in [-0.05, 0) is 0 Å². The van der Waals surface area contributed by atoms with Gasteiger partial charge in [-0.2, -0.15) is 4.39 Å². The molecule has 1 aromatic heterocycles. The zero-order valence-electron chi connectivity index (χ0n) is 9.55. The molecule has 2 atom stereocenters. The summed E-state index contributed by atoms with van der Waals surface area (Å²) in [6, 6.07) is 0. The normalized spacial score (nSPS) is 24.2. The highest BCUT2D eigenvalue weighted by Crippen LogP contribution is 2.23. The third-order valence-corrected chi connectivity index (χ3v) is 2.85. The molecule has 2 rings (SSSR count). The predicted octanol–water partition coefficient (Wildman–Crippen LogP) is -0.380. The number of rotatable bonds is 2. The van der Waals surface area contributed by atoms with Crippen molar-refractivity contribution in [2.24, 2.45) is 7.05 Å². The molecule has 0 aromatic carbocycles. The van der Waals surface area contributed by atoms with Gasteiger partial charge < -0.3 is 9.47 Å². The zero-order chi connectivity index (χ0) is 12.6. The van der Waals surface area contributed by atoms with E-state index in [-0.39, 0.29) is 6.10 Å². The third kappa shape index (κ3) is 2.03. The van der Waals surface area contributed by atoms with E-state index in [4.69, 9.17) is 9.47 Å². The number of halogens is 1. The molecule has 1 saturated heterocycles. The van der Waals surface area contributed by atoms with Crippen LogP contribution in [0.1, 0.15) is 12.6 Å². The Labute approximate surface area is 96.2 Å². The maximum atomic E-state index is 13.3. The van der Waals surface area contributed by atoms with Crippen LogP contribution >= 0.6 is 0 Å². The van der Waals surface area contributed by atoms with Gasteiger partial charge in [-0.25, -0.2) is 4.79 Å². The summed E-state index contributed by atoms with van der Waals surface area (Å²) >= 11 is 0. The molecular formula is C10H13FN2O4. The highest BCUT2D eigenvalue weighted by molar-refractivity contribution is 4.91. The second kappa shape index (κ2) is 4.42. The van der Waals surface area contributed by atoms with Crippen LogP contribution in [0.5, 0.6) is 0 Å². The Hall–Kier alpha value is -1.47. The smallest absolute Gasteiger partial charge is 0.333 e. The Morgan fingerprint density at radius 2 is 2.24 bits per heavy atom. The lowest BCUT2D eigenvalue weighted by Crippen LogP contribution is -2.40. The second-order valence-electron chi connectivity index (χ2n) is 3.91. The van der Waals surface area contributed by atoms with Crippen molar-refractivity contribution >= 4 is 0 Å². The maximum absolute atomic E-state index is 13.3. The quantitative estimate of drug-likeness (QED) is 0.711. The summed E-state index contributed by atoms with van der Waals surface area (Å²) in [6.45, 7) is 0.345. The summed E-state index contributed by atoms with van der Waals surface area (Å²) in [6.07, 6.45) is 0.627. The minimum atomic E-state index is -0.975. The molecule has 1 aromatic rings. The van der Waals surface area contributed by atoms with Crippen LogP contribution in [0.15, 0.2) is 15.8 Å². The lowest BCUT2D eigenvalue weighted by atomic mass is 10.3. The number of nitrogens with zero attached hydrogens (tertiary/aromatic N) is 2. The van der Waals surface area contributed by atoms with E-state index in [1.165, 1.54) is 7.05 Å². The fourth-order valence-corrected chi connectivity index (χ4v) is 1.80. The van der Waals surface area contributed by atoms with Gasteiger partial charge in [-0.15, -0.1) is 0 Å². The molecule has 0 amide bonds. The summed E-state index contributed by atoms with van der Waals surface area (Å²) in [5, 5.41) is 0. The summed E-state index contributed by atoms with van der Waals surface area (Å²) in [5.74, 6) is -0.975. The molecule has 7 heteroatoms. The number of hydrogen-bond acceptors (Lipinski definition) is 4. The molecule has 0 unspecified atom stereocenters. The number of hydrogen-bond donors (Lipinski definition) is 0. The number of ether oxygens (including phenoxy) is 2. The molecule has 0 radical (unpaired) electrons. The van der Waals surface area contributed by atoms with Crippen LogP contribution in [0.25, 0.3) is 0 Å². The zero-order valence-corrected chi connectivity index (χ0v) is 9.55. The molecule has 2 heterocycles. The molecule has 17 heavy (non-hydrogen) atoms. The molecule has 94 valence electrons. The Morgan fingerprint density at radius 3 is 2.82 bits per heavy atom. The first-order valence-corrected chi connectivity index (χ1v) is 5.16. The van der Waals surface area contributed by atoms with Gasteiger partial charge in [0.1, 0.15) is 6.23 Å². The summed E-state index contributed by atoms with van der Waals surface area (Å²) in [5.41, 5.74) is -1.54. The van der Waals surface area contributed by atoms with Crippen LogP contribution in [0, 0.1) is 5.82 Å². The monoisotopic (exact) mass is 244 g/mol. The largest absolute Gasteiger partial charge is 0.379 e. The molecule has 1 aliphatic rings.